The van der Waals surface area contributed by atoms with Gasteiger partial charge in [-0.15, -0.1) is 0 Å². The van der Waals surface area contributed by atoms with Gasteiger partial charge in [-0.25, -0.2) is 4.79 Å². The predicted octanol–water partition coefficient (Wildman–Crippen LogP) is 6.85. The molecule has 0 N–H and O–H groups in total. The second kappa shape index (κ2) is 11.3. The first-order chi connectivity index (χ1) is 17.0. The molecule has 194 valence electrons. The van der Waals surface area contributed by atoms with E-state index in [-0.39, 0.29) is 23.8 Å². The lowest BCUT2D eigenvalue weighted by atomic mass is 9.89. The summed E-state index contributed by atoms with van der Waals surface area (Å²) in [4.78, 5) is 27.5. The fourth-order valence-corrected chi connectivity index (χ4v) is 5.08. The normalized spacial score (nSPS) is 16.0. The number of carbonyl (C=O) groups excluding carboxylic acids is 2. The topological polar surface area (TPSA) is 65.1 Å². The van der Waals surface area contributed by atoms with E-state index in [0.717, 1.165) is 22.4 Å². The van der Waals surface area contributed by atoms with Gasteiger partial charge in [-0.2, -0.15) is 0 Å². The highest BCUT2D eigenvalue weighted by Crippen LogP contribution is 2.44. The maximum Gasteiger partial charge on any atom is 0.410 e. The molecule has 6 nitrogen and oxygen atoms in total. The minimum absolute atomic E-state index is 0.0364. The average Bonchev–Trinajstić information content (AvgIpc) is 2.82. The monoisotopic (exact) mass is 509 g/mol. The second-order valence-corrected chi connectivity index (χ2v) is 15.5. The van der Waals surface area contributed by atoms with Gasteiger partial charge in [0, 0.05) is 13.0 Å². The highest BCUT2D eigenvalue weighted by Gasteiger charge is 2.40. The van der Waals surface area contributed by atoms with E-state index in [9.17, 15) is 9.59 Å². The molecule has 1 amide bonds. The number of methoxy groups -OCH3 is 1. The fourth-order valence-electron chi connectivity index (χ4n) is 4.06. The molecular weight excluding hydrogens is 470 g/mol. The van der Waals surface area contributed by atoms with Crippen LogP contribution in [0.5, 0.6) is 11.5 Å². The molecule has 1 unspecified atom stereocenters. The van der Waals surface area contributed by atoms with Gasteiger partial charge in [0.1, 0.15) is 12.4 Å². The molecular formula is C29H39NO5Si. The molecule has 0 bridgehead atoms. The number of benzene rings is 2. The zero-order valence-corrected chi connectivity index (χ0v) is 23.6. The van der Waals surface area contributed by atoms with Crippen molar-refractivity contribution in [1.82, 2.24) is 4.90 Å². The molecule has 0 aromatic heterocycles. The van der Waals surface area contributed by atoms with Crippen LogP contribution in [-0.2, 0) is 22.6 Å². The van der Waals surface area contributed by atoms with Crippen LogP contribution in [-0.4, -0.2) is 38.7 Å². The van der Waals surface area contributed by atoms with Crippen molar-refractivity contribution < 1.29 is 23.5 Å². The molecule has 0 spiro atoms. The third-order valence-electron chi connectivity index (χ3n) is 7.14. The number of nitrogens with zero attached hydrogens (tertiary/aromatic N) is 1. The highest BCUT2D eigenvalue weighted by atomic mass is 28.4. The van der Waals surface area contributed by atoms with Crippen LogP contribution in [0.2, 0.25) is 18.1 Å². The van der Waals surface area contributed by atoms with Crippen molar-refractivity contribution in [3.8, 4) is 11.5 Å². The molecule has 0 fully saturated rings. The first kappa shape index (κ1) is 27.5. The third-order valence-corrected chi connectivity index (χ3v) is 11.5. The Morgan fingerprint density at radius 3 is 2.42 bits per heavy atom. The van der Waals surface area contributed by atoms with E-state index in [2.05, 4.69) is 33.9 Å². The number of carbonyl (C=O) groups is 2. The van der Waals surface area contributed by atoms with Crippen molar-refractivity contribution in [3.05, 3.63) is 71.3 Å². The minimum Gasteiger partial charge on any atom is -0.541 e. The number of rotatable bonds is 8. The van der Waals surface area contributed by atoms with Gasteiger partial charge < -0.3 is 18.8 Å². The van der Waals surface area contributed by atoms with Crippen molar-refractivity contribution >= 4 is 20.2 Å². The molecule has 2 aromatic rings. The van der Waals surface area contributed by atoms with Crippen LogP contribution in [0.4, 0.5) is 4.79 Å². The van der Waals surface area contributed by atoms with Gasteiger partial charge in [-0.05, 0) is 66.4 Å². The van der Waals surface area contributed by atoms with E-state index in [1.165, 1.54) is 0 Å². The molecule has 0 saturated carbocycles. The molecule has 2 aromatic carbocycles. The second-order valence-electron chi connectivity index (χ2n) is 10.7. The van der Waals surface area contributed by atoms with Crippen molar-refractivity contribution in [2.75, 3.05) is 13.7 Å². The summed E-state index contributed by atoms with van der Waals surface area (Å²) in [6.45, 7) is 13.5. The zero-order valence-electron chi connectivity index (χ0n) is 22.6. The van der Waals surface area contributed by atoms with Gasteiger partial charge in [0.05, 0.1) is 13.2 Å². The Kier molecular flexibility index (Phi) is 8.66. The van der Waals surface area contributed by atoms with Crippen LogP contribution in [0.1, 0.15) is 56.8 Å². The Labute approximate surface area is 216 Å². The smallest absolute Gasteiger partial charge is 0.410 e. The lowest BCUT2D eigenvalue weighted by Crippen LogP contribution is -2.44. The van der Waals surface area contributed by atoms with Crippen molar-refractivity contribution in [1.29, 1.82) is 0 Å². The summed E-state index contributed by atoms with van der Waals surface area (Å²) in [6.07, 6.45) is 3.66. The summed E-state index contributed by atoms with van der Waals surface area (Å²) in [5, 5.41) is 0.0364. The molecule has 7 heteroatoms. The van der Waals surface area contributed by atoms with Crippen LogP contribution in [0, 0.1) is 0 Å². The number of amides is 1. The lowest BCUT2D eigenvalue weighted by Gasteiger charge is -2.39. The highest BCUT2D eigenvalue weighted by molar-refractivity contribution is 6.74. The van der Waals surface area contributed by atoms with E-state index < -0.39 is 20.5 Å². The Morgan fingerprint density at radius 2 is 1.81 bits per heavy atom. The number of hydrogen-bond acceptors (Lipinski definition) is 5. The summed E-state index contributed by atoms with van der Waals surface area (Å²) < 4.78 is 18.0. The van der Waals surface area contributed by atoms with Crippen LogP contribution >= 0.6 is 0 Å². The summed E-state index contributed by atoms with van der Waals surface area (Å²) in [6, 6.07) is 13.1. The average molecular weight is 510 g/mol. The number of hydrogen-bond donors (Lipinski definition) is 0. The summed E-state index contributed by atoms with van der Waals surface area (Å²) in [7, 11) is -0.475. The number of ether oxygens (including phenoxy) is 2. The maximum absolute atomic E-state index is 13.2. The van der Waals surface area contributed by atoms with E-state index in [1.807, 2.05) is 49.4 Å². The largest absolute Gasteiger partial charge is 0.541 e. The first-order valence-corrected chi connectivity index (χ1v) is 15.4. The number of allylic oxidation sites excluding steroid dienone is 2. The van der Waals surface area contributed by atoms with E-state index in [4.69, 9.17) is 13.9 Å². The summed E-state index contributed by atoms with van der Waals surface area (Å²) in [5.74, 6) is 1.29. The molecule has 36 heavy (non-hydrogen) atoms. The fraction of sp³-hybridized carbons (Fsp3) is 0.448. The SMILES string of the molecule is CC=CC(=O)CC1c2cc(OC)c(O[Si](C)(C)C(C)(C)C)cc2CCN1C(=O)OCc1ccccc1. The zero-order chi connectivity index (χ0) is 26.5. The van der Waals surface area contributed by atoms with E-state index >= 15 is 0 Å². The number of fused-ring (bicyclic) bond motifs is 1. The van der Waals surface area contributed by atoms with Crippen molar-refractivity contribution in [2.45, 2.75) is 71.3 Å². The standard InChI is InChI=1S/C29H39NO5Si/c1-8-12-23(31)18-25-24-19-26(33-5)27(35-36(6,7)29(2,3)4)17-22(24)15-16-30(25)28(32)34-20-21-13-10-9-11-14-21/h8-14,17,19,25H,15-16,18,20H2,1-7H3. The molecule has 1 aliphatic heterocycles. The molecule has 1 heterocycles. The van der Waals surface area contributed by atoms with Crippen LogP contribution < -0.4 is 9.16 Å². The van der Waals surface area contributed by atoms with Crippen LogP contribution in [0.15, 0.2) is 54.6 Å². The van der Waals surface area contributed by atoms with Gasteiger partial charge in [-0.1, -0.05) is 57.2 Å². The maximum atomic E-state index is 13.2. The van der Waals surface area contributed by atoms with Crippen molar-refractivity contribution in [2.24, 2.45) is 0 Å². The molecule has 0 aliphatic carbocycles. The number of ketones is 1. The van der Waals surface area contributed by atoms with Gasteiger partial charge >= 0.3 is 6.09 Å². The lowest BCUT2D eigenvalue weighted by molar-refractivity contribution is -0.115. The van der Waals surface area contributed by atoms with Crippen molar-refractivity contribution in [3.63, 3.8) is 0 Å². The Morgan fingerprint density at radius 1 is 1.11 bits per heavy atom. The molecule has 1 aliphatic rings. The Bertz CT molecular complexity index is 1100. The predicted molar refractivity (Wildman–Crippen MR) is 145 cm³/mol. The molecule has 0 radical (unpaired) electrons. The van der Waals surface area contributed by atoms with Gasteiger partial charge in [-0.3, -0.25) is 4.79 Å². The van der Waals surface area contributed by atoms with Crippen LogP contribution in [0.3, 0.4) is 0 Å². The molecule has 0 saturated heterocycles. The van der Waals surface area contributed by atoms with E-state index in [1.54, 1.807) is 24.2 Å². The van der Waals surface area contributed by atoms with Crippen LogP contribution in [0.25, 0.3) is 0 Å². The van der Waals surface area contributed by atoms with Gasteiger partial charge in [0.25, 0.3) is 8.32 Å². The molecule has 1 atom stereocenters. The quantitative estimate of drug-likeness (QED) is 0.288. The summed E-state index contributed by atoms with van der Waals surface area (Å²) in [5.41, 5.74) is 2.88. The Balaban J connectivity index is 1.94. The molecule has 3 rings (SSSR count). The first-order valence-electron chi connectivity index (χ1n) is 12.5. The summed E-state index contributed by atoms with van der Waals surface area (Å²) >= 11 is 0. The Hall–Kier alpha value is -3.06. The minimum atomic E-state index is -2.09. The van der Waals surface area contributed by atoms with E-state index in [0.29, 0.717) is 18.7 Å². The van der Waals surface area contributed by atoms with Gasteiger partial charge in [0.2, 0.25) is 0 Å². The van der Waals surface area contributed by atoms with Gasteiger partial charge in [0.15, 0.2) is 11.5 Å². The third kappa shape index (κ3) is 6.38.